The highest BCUT2D eigenvalue weighted by atomic mass is 32.2. The van der Waals surface area contributed by atoms with Gasteiger partial charge in [0.15, 0.2) is 5.82 Å². The Bertz CT molecular complexity index is 841. The number of carbonyl (C=O) groups is 1. The topological polar surface area (TPSA) is 137 Å². The maximum absolute atomic E-state index is 12.0. The number of aromatic nitrogens is 2. The van der Waals surface area contributed by atoms with Crippen LogP contribution in [0.2, 0.25) is 0 Å². The predicted molar refractivity (Wildman–Crippen MR) is 86.1 cm³/mol. The van der Waals surface area contributed by atoms with Crippen molar-refractivity contribution in [3.63, 3.8) is 0 Å². The molecular formula is C15H18N4O5S. The molecule has 25 heavy (non-hydrogen) atoms. The third-order valence-electron chi connectivity index (χ3n) is 3.77. The van der Waals surface area contributed by atoms with Gasteiger partial charge in [0.2, 0.25) is 10.0 Å². The summed E-state index contributed by atoms with van der Waals surface area (Å²) < 4.78 is 33.0. The second kappa shape index (κ2) is 7.30. The second-order valence-corrected chi connectivity index (χ2v) is 7.19. The first kappa shape index (κ1) is 17.5. The van der Waals surface area contributed by atoms with E-state index in [1.165, 1.54) is 24.3 Å². The van der Waals surface area contributed by atoms with Gasteiger partial charge in [0, 0.05) is 25.1 Å². The van der Waals surface area contributed by atoms with Gasteiger partial charge in [-0.25, -0.2) is 13.6 Å². The lowest BCUT2D eigenvalue weighted by atomic mass is 10.2. The highest BCUT2D eigenvalue weighted by molar-refractivity contribution is 7.89. The van der Waals surface area contributed by atoms with E-state index in [-0.39, 0.29) is 16.9 Å². The molecule has 1 amide bonds. The van der Waals surface area contributed by atoms with Crippen LogP contribution in [-0.4, -0.2) is 37.6 Å². The van der Waals surface area contributed by atoms with E-state index in [0.29, 0.717) is 36.9 Å². The molecule has 134 valence electrons. The third kappa shape index (κ3) is 4.41. The van der Waals surface area contributed by atoms with Crippen molar-refractivity contribution in [2.45, 2.75) is 30.3 Å². The SMILES string of the molecule is NS(=O)(=O)c1ccc(C(=O)NCCc2noc(C3CCCO3)n2)cc1. The number of primary sulfonamides is 1. The molecule has 3 N–H and O–H groups in total. The molecule has 0 bridgehead atoms. The van der Waals surface area contributed by atoms with Crippen LogP contribution in [0.15, 0.2) is 33.7 Å². The lowest BCUT2D eigenvalue weighted by molar-refractivity contribution is 0.0835. The summed E-state index contributed by atoms with van der Waals surface area (Å²) in [5.41, 5.74) is 0.334. The molecular weight excluding hydrogens is 348 g/mol. The first-order valence-electron chi connectivity index (χ1n) is 7.78. The normalized spacial score (nSPS) is 17.6. The van der Waals surface area contributed by atoms with Crippen molar-refractivity contribution in [1.82, 2.24) is 15.5 Å². The average Bonchev–Trinajstić information content (AvgIpc) is 3.25. The number of hydrogen-bond donors (Lipinski definition) is 2. The Labute approximate surface area is 144 Å². The smallest absolute Gasteiger partial charge is 0.255 e. The Morgan fingerprint density at radius 3 is 2.72 bits per heavy atom. The lowest BCUT2D eigenvalue weighted by Crippen LogP contribution is -2.26. The molecule has 1 fully saturated rings. The zero-order valence-electron chi connectivity index (χ0n) is 13.3. The standard InChI is InChI=1S/C15H18N4O5S/c16-25(21,22)11-5-3-10(4-6-11)14(20)17-8-7-13-18-15(24-19-13)12-2-1-9-23-12/h3-6,12H,1-2,7-9H2,(H,17,20)(H2,16,21,22). The van der Waals surface area contributed by atoms with Crippen LogP contribution >= 0.6 is 0 Å². The molecule has 0 radical (unpaired) electrons. The largest absolute Gasteiger partial charge is 0.368 e. The number of nitrogens with zero attached hydrogens (tertiary/aromatic N) is 2. The number of nitrogens with two attached hydrogens (primary N) is 1. The fourth-order valence-electron chi connectivity index (χ4n) is 2.46. The molecule has 0 saturated carbocycles. The number of benzene rings is 1. The summed E-state index contributed by atoms with van der Waals surface area (Å²) in [5, 5.41) is 11.6. The number of nitrogens with one attached hydrogen (secondary N) is 1. The van der Waals surface area contributed by atoms with E-state index in [9.17, 15) is 13.2 Å². The summed E-state index contributed by atoms with van der Waals surface area (Å²) in [7, 11) is -3.77. The Kier molecular flexibility index (Phi) is 5.11. The molecule has 2 heterocycles. The zero-order valence-corrected chi connectivity index (χ0v) is 14.2. The summed E-state index contributed by atoms with van der Waals surface area (Å²) >= 11 is 0. The van der Waals surface area contributed by atoms with E-state index in [2.05, 4.69) is 15.5 Å². The summed E-state index contributed by atoms with van der Waals surface area (Å²) in [6.07, 6.45) is 2.13. The van der Waals surface area contributed by atoms with Crippen LogP contribution in [0.1, 0.15) is 41.0 Å². The number of sulfonamides is 1. The van der Waals surface area contributed by atoms with Gasteiger partial charge in [-0.1, -0.05) is 5.16 Å². The van der Waals surface area contributed by atoms with E-state index in [4.69, 9.17) is 14.4 Å². The highest BCUT2D eigenvalue weighted by Gasteiger charge is 2.23. The van der Waals surface area contributed by atoms with Crippen molar-refractivity contribution in [3.05, 3.63) is 41.5 Å². The first-order valence-corrected chi connectivity index (χ1v) is 9.33. The molecule has 3 rings (SSSR count). The molecule has 1 aliphatic heterocycles. The van der Waals surface area contributed by atoms with E-state index >= 15 is 0 Å². The second-order valence-electron chi connectivity index (χ2n) is 5.63. The van der Waals surface area contributed by atoms with Gasteiger partial charge in [-0.05, 0) is 37.1 Å². The minimum Gasteiger partial charge on any atom is -0.368 e. The van der Waals surface area contributed by atoms with Gasteiger partial charge in [-0.15, -0.1) is 0 Å². The maximum Gasteiger partial charge on any atom is 0.255 e. The van der Waals surface area contributed by atoms with Gasteiger partial charge in [-0.2, -0.15) is 4.98 Å². The summed E-state index contributed by atoms with van der Waals surface area (Å²) in [4.78, 5) is 16.3. The van der Waals surface area contributed by atoms with Crippen molar-refractivity contribution in [2.24, 2.45) is 5.14 Å². The van der Waals surface area contributed by atoms with Gasteiger partial charge in [-0.3, -0.25) is 4.79 Å². The van der Waals surface area contributed by atoms with E-state index < -0.39 is 10.0 Å². The molecule has 0 aliphatic carbocycles. The number of hydrogen-bond acceptors (Lipinski definition) is 7. The van der Waals surface area contributed by atoms with Gasteiger partial charge in [0.25, 0.3) is 11.8 Å². The maximum atomic E-state index is 12.0. The van der Waals surface area contributed by atoms with Crippen LogP contribution < -0.4 is 10.5 Å². The van der Waals surface area contributed by atoms with E-state index in [0.717, 1.165) is 12.8 Å². The Hall–Kier alpha value is -2.30. The molecule has 1 aliphatic rings. The van der Waals surface area contributed by atoms with Crippen LogP contribution in [0.3, 0.4) is 0 Å². The molecule has 9 nitrogen and oxygen atoms in total. The number of amides is 1. The Balaban J connectivity index is 1.51. The first-order chi connectivity index (χ1) is 11.9. The van der Waals surface area contributed by atoms with Crippen molar-refractivity contribution >= 4 is 15.9 Å². The lowest BCUT2D eigenvalue weighted by Gasteiger charge is -2.04. The summed E-state index contributed by atoms with van der Waals surface area (Å²) in [6.45, 7) is 1.02. The highest BCUT2D eigenvalue weighted by Crippen LogP contribution is 2.26. The van der Waals surface area contributed by atoms with Crippen LogP contribution in [-0.2, 0) is 21.2 Å². The van der Waals surface area contributed by atoms with Crippen LogP contribution in [0.4, 0.5) is 0 Å². The fraction of sp³-hybridized carbons (Fsp3) is 0.400. The molecule has 10 heteroatoms. The average molecular weight is 366 g/mol. The van der Waals surface area contributed by atoms with Gasteiger partial charge >= 0.3 is 0 Å². The number of carbonyl (C=O) groups excluding carboxylic acids is 1. The number of rotatable bonds is 6. The zero-order chi connectivity index (χ0) is 17.9. The fourth-order valence-corrected chi connectivity index (χ4v) is 2.97. The Morgan fingerprint density at radius 2 is 2.08 bits per heavy atom. The van der Waals surface area contributed by atoms with Crippen LogP contribution in [0.5, 0.6) is 0 Å². The molecule has 0 spiro atoms. The van der Waals surface area contributed by atoms with Crippen LogP contribution in [0.25, 0.3) is 0 Å². The quantitative estimate of drug-likeness (QED) is 0.761. The van der Waals surface area contributed by atoms with E-state index in [1.807, 2.05) is 0 Å². The van der Waals surface area contributed by atoms with Crippen molar-refractivity contribution in [2.75, 3.05) is 13.2 Å². The van der Waals surface area contributed by atoms with Gasteiger partial charge in [0.1, 0.15) is 6.10 Å². The molecule has 1 atom stereocenters. The van der Waals surface area contributed by atoms with E-state index in [1.54, 1.807) is 0 Å². The van der Waals surface area contributed by atoms with Crippen molar-refractivity contribution in [1.29, 1.82) is 0 Å². The summed E-state index contributed by atoms with van der Waals surface area (Å²) in [5.74, 6) is 0.636. The van der Waals surface area contributed by atoms with Crippen molar-refractivity contribution < 1.29 is 22.5 Å². The minimum absolute atomic E-state index is 0.0440. The van der Waals surface area contributed by atoms with Crippen molar-refractivity contribution in [3.8, 4) is 0 Å². The summed E-state index contributed by atoms with van der Waals surface area (Å²) in [6, 6.07) is 5.38. The molecule has 1 saturated heterocycles. The molecule has 2 aromatic rings. The Morgan fingerprint density at radius 1 is 1.32 bits per heavy atom. The molecule has 1 aromatic heterocycles. The molecule has 1 unspecified atom stereocenters. The third-order valence-corrected chi connectivity index (χ3v) is 4.70. The van der Waals surface area contributed by atoms with Gasteiger partial charge < -0.3 is 14.6 Å². The van der Waals surface area contributed by atoms with Gasteiger partial charge in [0.05, 0.1) is 4.90 Å². The minimum atomic E-state index is -3.77. The number of ether oxygens (including phenoxy) is 1. The van der Waals surface area contributed by atoms with Crippen LogP contribution in [0, 0.1) is 0 Å². The predicted octanol–water partition coefficient (Wildman–Crippen LogP) is 0.541. The monoisotopic (exact) mass is 366 g/mol. The molecule has 1 aromatic carbocycles.